The van der Waals surface area contributed by atoms with Crippen LogP contribution in [0.25, 0.3) is 0 Å². The summed E-state index contributed by atoms with van der Waals surface area (Å²) in [5, 5.41) is 15.6. The molecule has 0 unspecified atom stereocenters. The Hall–Kier alpha value is -4.89. The van der Waals surface area contributed by atoms with Gasteiger partial charge in [-0.25, -0.2) is 4.79 Å². The van der Waals surface area contributed by atoms with Crippen molar-refractivity contribution in [2.75, 3.05) is 6.61 Å². The van der Waals surface area contributed by atoms with Crippen LogP contribution >= 0.6 is 22.6 Å². The quantitative estimate of drug-likeness (QED) is 0.103. The van der Waals surface area contributed by atoms with E-state index in [2.05, 4.69) is 33.2 Å². The Bertz CT molecular complexity index is 2030. The molecule has 0 aromatic heterocycles. The second-order valence-corrected chi connectivity index (χ2v) is 16.0. The first kappa shape index (κ1) is 40.8. The van der Waals surface area contributed by atoms with Crippen LogP contribution in [0, 0.1) is 3.57 Å². The van der Waals surface area contributed by atoms with Crippen LogP contribution < -0.4 is 10.6 Å². The zero-order chi connectivity index (χ0) is 39.9. The van der Waals surface area contributed by atoms with E-state index in [1.54, 1.807) is 69.3 Å². The molecule has 4 aromatic carbocycles. The maximum Gasteiger partial charge on any atom is 0.338 e. The summed E-state index contributed by atoms with van der Waals surface area (Å²) in [6, 6.07) is 32.2. The van der Waals surface area contributed by atoms with Gasteiger partial charge in [-0.15, -0.1) is 0 Å². The van der Waals surface area contributed by atoms with Gasteiger partial charge in [0.2, 0.25) is 11.7 Å². The molecule has 12 heteroatoms. The molecule has 2 aliphatic rings. The highest BCUT2D eigenvalue weighted by atomic mass is 127. The predicted molar refractivity (Wildman–Crippen MR) is 216 cm³/mol. The van der Waals surface area contributed by atoms with Crippen molar-refractivity contribution in [3.63, 3.8) is 0 Å². The number of rotatable bonds is 13. The van der Waals surface area contributed by atoms with Crippen molar-refractivity contribution in [3.05, 3.63) is 152 Å². The van der Waals surface area contributed by atoms with Gasteiger partial charge in [0.25, 0.3) is 5.91 Å². The summed E-state index contributed by atoms with van der Waals surface area (Å²) in [5.41, 5.74) is 2.58. The van der Waals surface area contributed by atoms with Crippen molar-refractivity contribution in [3.8, 4) is 0 Å². The van der Waals surface area contributed by atoms with Crippen LogP contribution in [0.4, 0.5) is 0 Å². The lowest BCUT2D eigenvalue weighted by atomic mass is 9.91. The van der Waals surface area contributed by atoms with Crippen molar-refractivity contribution in [1.29, 1.82) is 0 Å². The standard InChI is InChI=1S/C44H45IN2O9/c1-43(2,3)55-38(49)21-20-35(27-48)47-41(51)29-13-10-12-28(22-29)26-46-40(50)31-24-36(53-42(52)30-14-11-19-34(45)23-30)39-37(25-31)54-44(56-39,32-15-6-4-7-16-32)33-17-8-5-9-18-33/h4-19,22-23,25,35-37,39,48H,20-21,24,26-27H2,1-3H3,(H,46,50)(H,47,51)/t35-,36+,37+,39-/m0/s1. The molecule has 0 spiro atoms. The van der Waals surface area contributed by atoms with Gasteiger partial charge in [-0.3, -0.25) is 14.4 Å². The monoisotopic (exact) mass is 872 g/mol. The average molecular weight is 873 g/mol. The van der Waals surface area contributed by atoms with Crippen molar-refractivity contribution in [1.82, 2.24) is 10.6 Å². The molecule has 6 rings (SSSR count). The number of nitrogens with one attached hydrogen (secondary N) is 2. The molecule has 292 valence electrons. The molecule has 1 aliphatic carbocycles. The van der Waals surface area contributed by atoms with Crippen LogP contribution in [0.5, 0.6) is 0 Å². The smallest absolute Gasteiger partial charge is 0.338 e. The fourth-order valence-electron chi connectivity index (χ4n) is 6.69. The summed E-state index contributed by atoms with van der Waals surface area (Å²) >= 11 is 2.14. The number of carbonyl (C=O) groups excluding carboxylic acids is 4. The third kappa shape index (κ3) is 10.1. The summed E-state index contributed by atoms with van der Waals surface area (Å²) in [6.45, 7) is 5.06. The highest BCUT2D eigenvalue weighted by Gasteiger charge is 2.55. The Balaban J connectivity index is 1.18. The zero-order valence-electron chi connectivity index (χ0n) is 31.4. The van der Waals surface area contributed by atoms with E-state index >= 15 is 0 Å². The Morgan fingerprint density at radius 1 is 0.857 bits per heavy atom. The van der Waals surface area contributed by atoms with Gasteiger partial charge < -0.3 is 34.7 Å². The average Bonchev–Trinajstić information content (AvgIpc) is 3.60. The first-order chi connectivity index (χ1) is 26.8. The van der Waals surface area contributed by atoms with Crippen LogP contribution in [-0.2, 0) is 40.9 Å². The number of amides is 2. The van der Waals surface area contributed by atoms with Crippen LogP contribution in [0.15, 0.2) is 121 Å². The largest absolute Gasteiger partial charge is 0.460 e. The van der Waals surface area contributed by atoms with E-state index in [9.17, 15) is 24.3 Å². The van der Waals surface area contributed by atoms with Crippen LogP contribution in [-0.4, -0.2) is 65.4 Å². The maximum absolute atomic E-state index is 13.9. The Labute approximate surface area is 339 Å². The first-order valence-corrected chi connectivity index (χ1v) is 19.6. The van der Waals surface area contributed by atoms with Gasteiger partial charge in [0.1, 0.15) is 23.9 Å². The van der Waals surface area contributed by atoms with E-state index in [1.807, 2.05) is 66.7 Å². The van der Waals surface area contributed by atoms with Gasteiger partial charge >= 0.3 is 11.9 Å². The molecular formula is C44H45IN2O9. The van der Waals surface area contributed by atoms with Gasteiger partial charge in [-0.2, -0.15) is 0 Å². The number of benzene rings is 4. The molecule has 3 N–H and O–H groups in total. The van der Waals surface area contributed by atoms with Crippen molar-refractivity contribution < 1.29 is 43.2 Å². The summed E-state index contributed by atoms with van der Waals surface area (Å²) in [4.78, 5) is 52.7. The van der Waals surface area contributed by atoms with E-state index in [0.717, 1.165) is 14.7 Å². The molecule has 11 nitrogen and oxygen atoms in total. The minimum atomic E-state index is -1.33. The maximum atomic E-state index is 13.9. The molecule has 1 saturated heterocycles. The van der Waals surface area contributed by atoms with Crippen molar-refractivity contribution in [2.45, 2.75) is 82.3 Å². The lowest BCUT2D eigenvalue weighted by Gasteiger charge is -2.31. The first-order valence-electron chi connectivity index (χ1n) is 18.5. The molecule has 0 radical (unpaired) electrons. The summed E-state index contributed by atoms with van der Waals surface area (Å²) in [6.07, 6.45) is -0.306. The van der Waals surface area contributed by atoms with E-state index in [1.165, 1.54) is 0 Å². The lowest BCUT2D eigenvalue weighted by Crippen LogP contribution is -2.43. The number of hydrogen-bond acceptors (Lipinski definition) is 9. The lowest BCUT2D eigenvalue weighted by molar-refractivity contribution is -0.157. The Kier molecular flexibility index (Phi) is 13.0. The predicted octanol–water partition coefficient (Wildman–Crippen LogP) is 6.36. The fourth-order valence-corrected chi connectivity index (χ4v) is 7.24. The normalized spacial score (nSPS) is 19.2. The molecule has 56 heavy (non-hydrogen) atoms. The Morgan fingerprint density at radius 2 is 1.52 bits per heavy atom. The highest BCUT2D eigenvalue weighted by Crippen LogP contribution is 2.47. The molecule has 2 amide bonds. The van der Waals surface area contributed by atoms with Gasteiger partial charge in [0.05, 0.1) is 18.2 Å². The molecule has 4 atom stereocenters. The number of halogens is 1. The van der Waals surface area contributed by atoms with Crippen LogP contribution in [0.3, 0.4) is 0 Å². The third-order valence-electron chi connectivity index (χ3n) is 9.31. The third-order valence-corrected chi connectivity index (χ3v) is 9.98. The molecule has 1 fully saturated rings. The number of fused-ring (bicyclic) bond motifs is 1. The number of ether oxygens (including phenoxy) is 4. The van der Waals surface area contributed by atoms with E-state index in [0.29, 0.717) is 22.3 Å². The molecule has 0 bridgehead atoms. The van der Waals surface area contributed by atoms with E-state index in [-0.39, 0.29) is 32.4 Å². The molecule has 1 aliphatic heterocycles. The molecular weight excluding hydrogens is 827 g/mol. The number of aliphatic hydroxyl groups excluding tert-OH is 1. The summed E-state index contributed by atoms with van der Waals surface area (Å²) in [7, 11) is 0. The zero-order valence-corrected chi connectivity index (χ0v) is 33.6. The molecule has 4 aromatic rings. The number of carbonyl (C=O) groups is 4. The summed E-state index contributed by atoms with van der Waals surface area (Å²) < 4.78 is 25.9. The minimum Gasteiger partial charge on any atom is -0.460 e. The second-order valence-electron chi connectivity index (χ2n) is 14.7. The van der Waals surface area contributed by atoms with E-state index < -0.39 is 59.5 Å². The number of hydrogen-bond donors (Lipinski definition) is 3. The van der Waals surface area contributed by atoms with Crippen LogP contribution in [0.1, 0.15) is 77.4 Å². The number of esters is 2. The van der Waals surface area contributed by atoms with Gasteiger partial charge in [-0.1, -0.05) is 78.9 Å². The SMILES string of the molecule is CC(C)(C)OC(=O)CC[C@@H](CO)NC(=O)c1cccc(CNC(=O)C2=C[C@H]3OC(c4ccccc4)(c4ccccc4)O[C@H]3[C@H](OC(=O)c3cccc(I)c3)C2)c1. The fraction of sp³-hybridized carbons (Fsp3) is 0.318. The number of aliphatic hydroxyl groups is 1. The Morgan fingerprint density at radius 3 is 2.16 bits per heavy atom. The van der Waals surface area contributed by atoms with Crippen molar-refractivity contribution >= 4 is 46.3 Å². The van der Waals surface area contributed by atoms with Gasteiger partial charge in [0, 0.05) is 45.2 Å². The van der Waals surface area contributed by atoms with Crippen molar-refractivity contribution in [2.24, 2.45) is 0 Å². The second kappa shape index (κ2) is 17.9. The topological polar surface area (TPSA) is 149 Å². The molecule has 0 saturated carbocycles. The van der Waals surface area contributed by atoms with Gasteiger partial charge in [0.15, 0.2) is 0 Å². The highest BCUT2D eigenvalue weighted by molar-refractivity contribution is 14.1. The molecule has 1 heterocycles. The van der Waals surface area contributed by atoms with Gasteiger partial charge in [-0.05, 0) is 91.8 Å². The minimum absolute atomic E-state index is 0.0364. The summed E-state index contributed by atoms with van der Waals surface area (Å²) in [5.74, 6) is -3.12. The van der Waals surface area contributed by atoms with Crippen LogP contribution in [0.2, 0.25) is 0 Å². The van der Waals surface area contributed by atoms with E-state index in [4.69, 9.17) is 18.9 Å².